The molecule has 1 fully saturated rings. The van der Waals surface area contributed by atoms with Gasteiger partial charge in [0.05, 0.1) is 23.8 Å². The maximum atomic E-state index is 6.38. The van der Waals surface area contributed by atoms with Gasteiger partial charge in [0, 0.05) is 10.8 Å². The Kier molecular flexibility index (Phi) is 4.65. The Morgan fingerprint density at radius 3 is 2.07 bits per heavy atom. The highest BCUT2D eigenvalue weighted by atomic mass is 28.3. The van der Waals surface area contributed by atoms with Gasteiger partial charge in [0.25, 0.3) is 0 Å². The lowest BCUT2D eigenvalue weighted by atomic mass is 9.79. The topological polar surface area (TPSA) is 32.6 Å². The van der Waals surface area contributed by atoms with E-state index in [4.69, 9.17) is 14.0 Å². The minimum atomic E-state index is -1.87. The maximum Gasteiger partial charge on any atom is 0.497 e. The molecule has 0 bridgehead atoms. The van der Waals surface area contributed by atoms with Gasteiger partial charge in [0.2, 0.25) is 0 Å². The van der Waals surface area contributed by atoms with Crippen molar-refractivity contribution in [2.24, 2.45) is 0 Å². The van der Waals surface area contributed by atoms with Crippen LogP contribution < -0.4 is 10.2 Å². The smallest absolute Gasteiger partial charge is 0.495 e. The van der Waals surface area contributed by atoms with Gasteiger partial charge in [-0.25, -0.2) is 0 Å². The average molecular weight is 387 g/mol. The lowest BCUT2D eigenvalue weighted by Crippen LogP contribution is -2.45. The fourth-order valence-corrected chi connectivity index (χ4v) is 5.38. The molecule has 27 heavy (non-hydrogen) atoms. The average Bonchev–Trinajstić information content (AvgIpc) is 3.01. The first-order valence-electron chi connectivity index (χ1n) is 9.77. The third-order valence-electron chi connectivity index (χ3n) is 6.98. The van der Waals surface area contributed by atoms with E-state index in [2.05, 4.69) is 78.1 Å². The summed E-state index contributed by atoms with van der Waals surface area (Å²) in [6, 6.07) is 6.24. The molecule has 1 aromatic carbocycles. The lowest BCUT2D eigenvalue weighted by Gasteiger charge is -2.38. The summed E-state index contributed by atoms with van der Waals surface area (Å²) in [6.45, 7) is 20.2. The van der Waals surface area contributed by atoms with Gasteiger partial charge in [-0.15, -0.1) is 0 Å². The number of methoxy groups -OCH3 is 1. The van der Waals surface area contributed by atoms with Gasteiger partial charge in [0.1, 0.15) is 5.75 Å². The van der Waals surface area contributed by atoms with Gasteiger partial charge >= 0.3 is 7.12 Å². The number of ether oxygens (including phenoxy) is 1. The Balaban J connectivity index is 2.26. The van der Waals surface area contributed by atoms with Gasteiger partial charge in [-0.3, -0.25) is 0 Å². The number of hydrogen-bond donors (Lipinski definition) is 0. The highest BCUT2D eigenvalue weighted by Crippen LogP contribution is 2.42. The van der Waals surface area contributed by atoms with Crippen molar-refractivity contribution < 1.29 is 14.0 Å². The van der Waals surface area contributed by atoms with Crippen LogP contribution in [-0.4, -0.2) is 37.9 Å². The van der Waals surface area contributed by atoms with Crippen LogP contribution in [0.25, 0.3) is 10.9 Å². The SMILES string of the molecule is COc1cccc2c(B3OC(C)(C)C(C)(C)O3)cn([Si](C)(C)C(C)(C)C)c12. The molecule has 1 aliphatic heterocycles. The van der Waals surface area contributed by atoms with Crippen molar-refractivity contribution in [1.82, 2.24) is 4.23 Å². The maximum absolute atomic E-state index is 6.38. The molecule has 0 N–H and O–H groups in total. The standard InChI is InChI=1S/C21H34BNO3Si/c1-19(2,3)27(9,10)23-14-16(15-12-11-13-17(24-8)18(15)23)22-25-20(4,5)21(6,7)26-22/h11-14H,1-10H3. The first-order valence-corrected chi connectivity index (χ1v) is 12.7. The minimum Gasteiger partial charge on any atom is -0.495 e. The fraction of sp³-hybridized carbons (Fsp3) is 0.619. The molecule has 0 aliphatic carbocycles. The van der Waals surface area contributed by atoms with E-state index in [1.807, 2.05) is 12.1 Å². The quantitative estimate of drug-likeness (QED) is 0.709. The van der Waals surface area contributed by atoms with Crippen molar-refractivity contribution >= 4 is 31.7 Å². The number of nitrogens with zero attached hydrogens (tertiary/aromatic N) is 1. The summed E-state index contributed by atoms with van der Waals surface area (Å²) < 4.78 is 21.0. The molecule has 2 heterocycles. The summed E-state index contributed by atoms with van der Waals surface area (Å²) in [7, 11) is -0.506. The van der Waals surface area contributed by atoms with E-state index < -0.39 is 8.24 Å². The van der Waals surface area contributed by atoms with Crippen LogP contribution in [0, 0.1) is 0 Å². The molecule has 1 saturated heterocycles. The van der Waals surface area contributed by atoms with E-state index in [9.17, 15) is 0 Å². The first-order chi connectivity index (χ1) is 12.2. The molecule has 0 saturated carbocycles. The van der Waals surface area contributed by atoms with E-state index >= 15 is 0 Å². The Labute approximate surface area is 165 Å². The predicted octanol–water partition coefficient (Wildman–Crippen LogP) is 4.80. The third kappa shape index (κ3) is 3.06. The summed E-state index contributed by atoms with van der Waals surface area (Å²) in [5, 5.41) is 1.34. The molecule has 2 aromatic rings. The molecular formula is C21H34BNO3Si. The fourth-order valence-electron chi connectivity index (χ4n) is 3.40. The van der Waals surface area contributed by atoms with E-state index in [0.29, 0.717) is 0 Å². The van der Waals surface area contributed by atoms with Crippen molar-refractivity contribution in [1.29, 1.82) is 0 Å². The number of hydrogen-bond acceptors (Lipinski definition) is 3. The molecule has 0 radical (unpaired) electrons. The van der Waals surface area contributed by atoms with Crippen molar-refractivity contribution in [3.8, 4) is 5.75 Å². The van der Waals surface area contributed by atoms with Crippen molar-refractivity contribution in [3.63, 3.8) is 0 Å². The van der Waals surface area contributed by atoms with Crippen LogP contribution in [0.3, 0.4) is 0 Å². The van der Waals surface area contributed by atoms with Gasteiger partial charge in [-0.1, -0.05) is 46.0 Å². The van der Waals surface area contributed by atoms with Crippen LogP contribution in [0.2, 0.25) is 18.1 Å². The van der Waals surface area contributed by atoms with Crippen molar-refractivity contribution in [2.75, 3.05) is 7.11 Å². The zero-order valence-electron chi connectivity index (χ0n) is 18.6. The van der Waals surface area contributed by atoms with Crippen LogP contribution in [0.15, 0.2) is 24.4 Å². The van der Waals surface area contributed by atoms with Crippen LogP contribution in [0.5, 0.6) is 5.75 Å². The second kappa shape index (κ2) is 6.13. The van der Waals surface area contributed by atoms with E-state index in [1.165, 1.54) is 0 Å². The molecule has 4 nitrogen and oxygen atoms in total. The van der Waals surface area contributed by atoms with E-state index in [-0.39, 0.29) is 23.4 Å². The number of rotatable bonds is 3. The highest BCUT2D eigenvalue weighted by molar-refractivity contribution is 6.80. The zero-order valence-corrected chi connectivity index (χ0v) is 19.6. The zero-order chi connectivity index (χ0) is 20.4. The van der Waals surface area contributed by atoms with Crippen LogP contribution in [0.4, 0.5) is 0 Å². The predicted molar refractivity (Wildman–Crippen MR) is 117 cm³/mol. The van der Waals surface area contributed by atoms with Crippen molar-refractivity contribution in [2.45, 2.75) is 77.8 Å². The Hall–Kier alpha value is -1.24. The summed E-state index contributed by atoms with van der Waals surface area (Å²) >= 11 is 0. The summed E-state index contributed by atoms with van der Waals surface area (Å²) in [5.74, 6) is 0.903. The molecule has 148 valence electrons. The van der Waals surface area contributed by atoms with Crippen LogP contribution >= 0.6 is 0 Å². The highest BCUT2D eigenvalue weighted by Gasteiger charge is 2.53. The molecular weight excluding hydrogens is 353 g/mol. The molecule has 0 amide bonds. The normalized spacial score (nSPS) is 19.7. The Morgan fingerprint density at radius 2 is 1.59 bits per heavy atom. The first kappa shape index (κ1) is 20.5. The lowest BCUT2D eigenvalue weighted by molar-refractivity contribution is 0.00578. The summed E-state index contributed by atoms with van der Waals surface area (Å²) in [5.41, 5.74) is 1.52. The van der Waals surface area contributed by atoms with Crippen molar-refractivity contribution in [3.05, 3.63) is 24.4 Å². The molecule has 3 rings (SSSR count). The molecule has 1 aromatic heterocycles. The monoisotopic (exact) mass is 387 g/mol. The number of fused-ring (bicyclic) bond motifs is 1. The minimum absolute atomic E-state index is 0.188. The van der Waals surface area contributed by atoms with Gasteiger partial charge < -0.3 is 18.3 Å². The molecule has 6 heteroatoms. The van der Waals surface area contributed by atoms with E-state index in [0.717, 1.165) is 22.1 Å². The largest absolute Gasteiger partial charge is 0.497 e. The van der Waals surface area contributed by atoms with Gasteiger partial charge in [-0.05, 0) is 45.0 Å². The van der Waals surface area contributed by atoms with Crippen LogP contribution in [-0.2, 0) is 9.31 Å². The van der Waals surface area contributed by atoms with Crippen LogP contribution in [0.1, 0.15) is 48.5 Å². The van der Waals surface area contributed by atoms with Gasteiger partial charge in [-0.2, -0.15) is 0 Å². The number of para-hydroxylation sites is 1. The Bertz CT molecular complexity index is 848. The molecule has 0 spiro atoms. The number of aromatic nitrogens is 1. The second-order valence-corrected chi connectivity index (χ2v) is 15.3. The third-order valence-corrected chi connectivity index (χ3v) is 12.2. The van der Waals surface area contributed by atoms with E-state index in [1.54, 1.807) is 7.11 Å². The molecule has 0 atom stereocenters. The summed E-state index contributed by atoms with van der Waals surface area (Å²) in [6.07, 6.45) is 2.26. The molecule has 0 unspecified atom stereocenters. The van der Waals surface area contributed by atoms with Gasteiger partial charge in [0.15, 0.2) is 8.24 Å². The number of benzene rings is 1. The Morgan fingerprint density at radius 1 is 1.04 bits per heavy atom. The summed E-state index contributed by atoms with van der Waals surface area (Å²) in [4.78, 5) is 0. The second-order valence-electron chi connectivity index (χ2n) is 10.2. The molecule has 1 aliphatic rings.